The highest BCUT2D eigenvalue weighted by molar-refractivity contribution is 7.09. The van der Waals surface area contributed by atoms with E-state index in [0.29, 0.717) is 55.3 Å². The average Bonchev–Trinajstić information content (AvgIpc) is 3.75. The van der Waals surface area contributed by atoms with Crippen molar-refractivity contribution in [1.82, 2.24) is 29.4 Å². The van der Waals surface area contributed by atoms with E-state index in [1.807, 2.05) is 5.38 Å². The summed E-state index contributed by atoms with van der Waals surface area (Å²) in [6.45, 7) is 2.47. The first kappa shape index (κ1) is 28.7. The van der Waals surface area contributed by atoms with Crippen LogP contribution in [0.3, 0.4) is 0 Å². The zero-order valence-corrected chi connectivity index (χ0v) is 26.0. The number of benzene rings is 2. The normalized spacial score (nSPS) is 14.3. The van der Waals surface area contributed by atoms with Crippen molar-refractivity contribution in [1.29, 1.82) is 0 Å². The van der Waals surface area contributed by atoms with Gasteiger partial charge >= 0.3 is 0 Å². The van der Waals surface area contributed by atoms with Gasteiger partial charge in [-0.3, -0.25) is 9.36 Å². The Kier molecular flexibility index (Phi) is 7.90. The second-order valence-corrected chi connectivity index (χ2v) is 12.7. The molecule has 5 heterocycles. The first-order valence-corrected chi connectivity index (χ1v) is 15.8. The summed E-state index contributed by atoms with van der Waals surface area (Å²) in [7, 11) is 2.17. The molecule has 1 saturated heterocycles. The molecule has 4 aromatic heterocycles. The number of likely N-dealkylation sites (tertiary alicyclic amines) is 1. The van der Waals surface area contributed by atoms with Gasteiger partial charge < -0.3 is 14.6 Å². The number of piperidine rings is 1. The maximum Gasteiger partial charge on any atom is 0.260 e. The number of nitrogens with one attached hydrogen (secondary N) is 1. The fourth-order valence-corrected chi connectivity index (χ4v) is 6.95. The third-order valence-electron chi connectivity index (χ3n) is 8.00. The van der Waals surface area contributed by atoms with E-state index in [-0.39, 0.29) is 12.1 Å². The zero-order valence-electron chi connectivity index (χ0n) is 23.7. The van der Waals surface area contributed by atoms with E-state index in [1.54, 1.807) is 35.2 Å². The molecule has 1 N–H and O–H groups in total. The smallest absolute Gasteiger partial charge is 0.260 e. The topological polar surface area (TPSA) is 102 Å². The van der Waals surface area contributed by atoms with Gasteiger partial charge in [0.25, 0.3) is 5.56 Å². The Labute approximate surface area is 267 Å². The van der Waals surface area contributed by atoms with E-state index < -0.39 is 0 Å². The van der Waals surface area contributed by atoms with Crippen molar-refractivity contribution < 1.29 is 4.42 Å². The maximum atomic E-state index is 14.1. The zero-order chi connectivity index (χ0) is 30.2. The number of pyridine rings is 1. The summed E-state index contributed by atoms with van der Waals surface area (Å²) in [5.74, 6) is 0.963. The van der Waals surface area contributed by atoms with Crippen molar-refractivity contribution in [3.63, 3.8) is 0 Å². The molecule has 0 saturated carbocycles. The number of thiazole rings is 1. The first-order chi connectivity index (χ1) is 21.4. The van der Waals surface area contributed by atoms with Crippen molar-refractivity contribution >= 4 is 57.2 Å². The van der Waals surface area contributed by atoms with E-state index in [1.165, 1.54) is 29.6 Å². The number of aromatic nitrogens is 5. The number of oxazole rings is 1. The highest BCUT2D eigenvalue weighted by Gasteiger charge is 2.21. The molecule has 1 aliphatic heterocycles. The van der Waals surface area contributed by atoms with Crippen LogP contribution in [0.2, 0.25) is 10.0 Å². The van der Waals surface area contributed by atoms with Crippen LogP contribution in [0.15, 0.2) is 82.1 Å². The van der Waals surface area contributed by atoms with Gasteiger partial charge in [0.05, 0.1) is 22.2 Å². The van der Waals surface area contributed by atoms with Crippen molar-refractivity contribution in [3.8, 4) is 22.4 Å². The SMILES string of the molecule is CN1CCC(c2ccc(Nc3ncc4cc(-c5c(Cl)cc(-c6cocn6)cc5Cl)c(=O)n(Cc5nccs5)c4n3)cc2)CC1. The van der Waals surface area contributed by atoms with Crippen molar-refractivity contribution in [2.24, 2.45) is 0 Å². The predicted molar refractivity (Wildman–Crippen MR) is 175 cm³/mol. The van der Waals surface area contributed by atoms with Gasteiger partial charge in [0, 0.05) is 40.0 Å². The van der Waals surface area contributed by atoms with E-state index in [0.717, 1.165) is 36.6 Å². The molecule has 44 heavy (non-hydrogen) atoms. The highest BCUT2D eigenvalue weighted by Crippen LogP contribution is 2.38. The number of fused-ring (bicyclic) bond motifs is 1. The minimum Gasteiger partial charge on any atom is -0.451 e. The summed E-state index contributed by atoms with van der Waals surface area (Å²) in [5.41, 5.74) is 4.43. The maximum absolute atomic E-state index is 14.1. The molecule has 0 bridgehead atoms. The van der Waals surface area contributed by atoms with Gasteiger partial charge in [-0.25, -0.2) is 15.0 Å². The Morgan fingerprint density at radius 3 is 2.50 bits per heavy atom. The lowest BCUT2D eigenvalue weighted by Crippen LogP contribution is -2.29. The molecular formula is C32H27Cl2N7O2S. The van der Waals surface area contributed by atoms with Gasteiger partial charge in [0.1, 0.15) is 22.6 Å². The molecule has 7 rings (SSSR count). The summed E-state index contributed by atoms with van der Waals surface area (Å²) in [6, 6.07) is 13.6. The van der Waals surface area contributed by atoms with Gasteiger partial charge in [0.15, 0.2) is 6.39 Å². The van der Waals surface area contributed by atoms with Crippen LogP contribution in [0.1, 0.15) is 29.3 Å². The monoisotopic (exact) mass is 643 g/mol. The molecule has 12 heteroatoms. The lowest BCUT2D eigenvalue weighted by Gasteiger charge is -2.29. The quantitative estimate of drug-likeness (QED) is 0.191. The average molecular weight is 645 g/mol. The molecule has 0 unspecified atom stereocenters. The van der Waals surface area contributed by atoms with Crippen molar-refractivity contribution in [2.75, 3.05) is 25.5 Å². The Morgan fingerprint density at radius 1 is 1.05 bits per heavy atom. The standard InChI is InChI=1S/C32H27Cl2N7O2S/c1-40-9-6-20(7-10-40)19-2-4-23(5-3-19)38-32-36-15-22-12-24(31(42)41(30(22)39-32)16-28-35-8-11-44-28)29-25(33)13-21(14-26(29)34)27-17-43-18-37-27/h2-5,8,11-15,17-18,20H,6-7,9-10,16H2,1H3,(H,36,38,39). The van der Waals surface area contributed by atoms with Gasteiger partial charge in [-0.1, -0.05) is 35.3 Å². The molecule has 1 fully saturated rings. The molecule has 0 radical (unpaired) electrons. The van der Waals surface area contributed by atoms with Crippen LogP contribution in [0.4, 0.5) is 11.6 Å². The molecule has 0 amide bonds. The van der Waals surface area contributed by atoms with Crippen LogP contribution < -0.4 is 10.9 Å². The molecule has 2 aromatic carbocycles. The number of hydrogen-bond donors (Lipinski definition) is 1. The van der Waals surface area contributed by atoms with Crippen LogP contribution in [0, 0.1) is 0 Å². The van der Waals surface area contributed by atoms with E-state index in [2.05, 4.69) is 56.5 Å². The number of hydrogen-bond acceptors (Lipinski definition) is 9. The molecule has 6 aromatic rings. The number of halogens is 2. The number of anilines is 2. The van der Waals surface area contributed by atoms with Crippen LogP contribution >= 0.6 is 34.5 Å². The predicted octanol–water partition coefficient (Wildman–Crippen LogP) is 7.48. The molecule has 0 atom stereocenters. The number of rotatable bonds is 7. The highest BCUT2D eigenvalue weighted by atomic mass is 35.5. The third kappa shape index (κ3) is 5.73. The Hall–Kier alpha value is -4.09. The second-order valence-electron chi connectivity index (χ2n) is 10.9. The van der Waals surface area contributed by atoms with Crippen LogP contribution in [-0.2, 0) is 6.54 Å². The van der Waals surface area contributed by atoms with Crippen LogP contribution in [-0.4, -0.2) is 49.5 Å². The molecule has 1 aliphatic rings. The van der Waals surface area contributed by atoms with Gasteiger partial charge in [-0.15, -0.1) is 11.3 Å². The summed E-state index contributed by atoms with van der Waals surface area (Å²) in [6.07, 6.45) is 8.58. The van der Waals surface area contributed by atoms with Gasteiger partial charge in [-0.05, 0) is 74.8 Å². The summed E-state index contributed by atoms with van der Waals surface area (Å²) in [4.78, 5) is 34.4. The lowest BCUT2D eigenvalue weighted by atomic mass is 9.89. The Balaban J connectivity index is 1.25. The molecule has 222 valence electrons. The summed E-state index contributed by atoms with van der Waals surface area (Å²) < 4.78 is 6.70. The van der Waals surface area contributed by atoms with Gasteiger partial charge in [-0.2, -0.15) is 4.98 Å². The molecular weight excluding hydrogens is 617 g/mol. The van der Waals surface area contributed by atoms with Crippen molar-refractivity contribution in [3.05, 3.63) is 104 Å². The van der Waals surface area contributed by atoms with Crippen molar-refractivity contribution in [2.45, 2.75) is 25.3 Å². The Bertz CT molecular complexity index is 1960. The van der Waals surface area contributed by atoms with E-state index in [4.69, 9.17) is 32.6 Å². The van der Waals surface area contributed by atoms with E-state index in [9.17, 15) is 4.79 Å². The first-order valence-electron chi connectivity index (χ1n) is 14.2. The van der Waals surface area contributed by atoms with Crippen LogP contribution in [0.5, 0.6) is 0 Å². The van der Waals surface area contributed by atoms with E-state index >= 15 is 0 Å². The van der Waals surface area contributed by atoms with Crippen LogP contribution in [0.25, 0.3) is 33.4 Å². The fourth-order valence-electron chi connectivity index (χ4n) is 5.65. The second kappa shape index (κ2) is 12.1. The fraction of sp³-hybridized carbons (Fsp3) is 0.219. The minimum atomic E-state index is -0.294. The summed E-state index contributed by atoms with van der Waals surface area (Å²) >= 11 is 14.9. The minimum absolute atomic E-state index is 0.231. The molecule has 0 spiro atoms. The Morgan fingerprint density at radius 2 is 1.82 bits per heavy atom. The number of nitrogens with zero attached hydrogens (tertiary/aromatic N) is 6. The van der Waals surface area contributed by atoms with Gasteiger partial charge in [0.2, 0.25) is 5.95 Å². The molecule has 9 nitrogen and oxygen atoms in total. The third-order valence-corrected chi connectivity index (χ3v) is 9.36. The molecule has 0 aliphatic carbocycles. The summed E-state index contributed by atoms with van der Waals surface area (Å²) in [5, 5.41) is 7.24. The largest absolute Gasteiger partial charge is 0.451 e. The lowest BCUT2D eigenvalue weighted by molar-refractivity contribution is 0.255.